The number of carboxylic acid groups (broad SMARTS) is 1. The topological polar surface area (TPSA) is 78.9 Å². The molecule has 1 heterocycles. The second kappa shape index (κ2) is 6.92. The molecule has 1 saturated heterocycles. The first-order chi connectivity index (χ1) is 9.60. The van der Waals surface area contributed by atoms with Crippen LogP contribution in [0.15, 0.2) is 0 Å². The van der Waals surface area contributed by atoms with Gasteiger partial charge in [0, 0.05) is 32.2 Å². The summed E-state index contributed by atoms with van der Waals surface area (Å²) in [6, 6.07) is -0.0479. The van der Waals surface area contributed by atoms with Gasteiger partial charge >= 0.3 is 12.0 Å². The number of carboxylic acids is 1. The number of ether oxygens (including phenoxy) is 1. The first-order valence-electron chi connectivity index (χ1n) is 7.37. The van der Waals surface area contributed by atoms with Crippen molar-refractivity contribution in [1.82, 2.24) is 10.2 Å². The van der Waals surface area contributed by atoms with Gasteiger partial charge in [0.1, 0.15) is 0 Å². The number of carbonyl (C=O) groups is 2. The Kier molecular flexibility index (Phi) is 5.23. The van der Waals surface area contributed by atoms with Crippen LogP contribution < -0.4 is 5.32 Å². The van der Waals surface area contributed by atoms with Crippen LogP contribution >= 0.6 is 0 Å². The minimum Gasteiger partial charge on any atom is -0.481 e. The van der Waals surface area contributed by atoms with E-state index in [-0.39, 0.29) is 18.0 Å². The summed E-state index contributed by atoms with van der Waals surface area (Å²) in [6.45, 7) is 2.20. The van der Waals surface area contributed by atoms with E-state index >= 15 is 0 Å². The number of carbonyl (C=O) groups excluding carboxylic acids is 1. The molecule has 6 heteroatoms. The van der Waals surface area contributed by atoms with E-state index < -0.39 is 5.97 Å². The third kappa shape index (κ3) is 3.85. The number of aliphatic carboxylic acids is 1. The molecule has 0 aromatic rings. The predicted octanol–water partition coefficient (Wildman–Crippen LogP) is 1.31. The van der Waals surface area contributed by atoms with E-state index in [9.17, 15) is 9.59 Å². The summed E-state index contributed by atoms with van der Waals surface area (Å²) in [5.41, 5.74) is 0. The van der Waals surface area contributed by atoms with Crippen molar-refractivity contribution in [2.45, 2.75) is 38.1 Å². The lowest BCUT2D eigenvalue weighted by Crippen LogP contribution is -2.48. The van der Waals surface area contributed by atoms with Gasteiger partial charge in [0.2, 0.25) is 0 Å². The summed E-state index contributed by atoms with van der Waals surface area (Å²) < 4.78 is 5.16. The number of hydrogen-bond acceptors (Lipinski definition) is 3. The predicted molar refractivity (Wildman–Crippen MR) is 73.5 cm³/mol. The van der Waals surface area contributed by atoms with Crippen molar-refractivity contribution in [3.8, 4) is 0 Å². The Morgan fingerprint density at radius 3 is 2.80 bits per heavy atom. The van der Waals surface area contributed by atoms with Crippen LogP contribution in [0.25, 0.3) is 0 Å². The van der Waals surface area contributed by atoms with Crippen molar-refractivity contribution in [2.75, 3.05) is 26.8 Å². The first kappa shape index (κ1) is 15.1. The van der Waals surface area contributed by atoms with Gasteiger partial charge in [0.05, 0.1) is 12.5 Å². The Balaban J connectivity index is 1.78. The summed E-state index contributed by atoms with van der Waals surface area (Å²) >= 11 is 0. The first-order valence-corrected chi connectivity index (χ1v) is 7.37. The van der Waals surface area contributed by atoms with Gasteiger partial charge in [0.15, 0.2) is 0 Å². The molecule has 2 N–H and O–H groups in total. The molecule has 2 aliphatic rings. The molecule has 3 unspecified atom stereocenters. The zero-order valence-corrected chi connectivity index (χ0v) is 12.0. The molecule has 2 amide bonds. The number of methoxy groups -OCH3 is 1. The second-order valence-electron chi connectivity index (χ2n) is 5.90. The lowest BCUT2D eigenvalue weighted by Gasteiger charge is -2.33. The van der Waals surface area contributed by atoms with E-state index in [4.69, 9.17) is 9.84 Å². The number of nitrogens with zero attached hydrogens (tertiary/aromatic N) is 1. The summed E-state index contributed by atoms with van der Waals surface area (Å²) in [5.74, 6) is -0.641. The van der Waals surface area contributed by atoms with E-state index in [1.807, 2.05) is 4.90 Å². The number of likely N-dealkylation sites (tertiary alicyclic amines) is 1. The highest BCUT2D eigenvalue weighted by atomic mass is 16.5. The molecule has 0 aromatic heterocycles. The third-order valence-electron chi connectivity index (χ3n) is 4.32. The fourth-order valence-corrected chi connectivity index (χ4v) is 3.22. The van der Waals surface area contributed by atoms with Crippen LogP contribution in [-0.4, -0.2) is 54.9 Å². The normalized spacial score (nSPS) is 30.2. The van der Waals surface area contributed by atoms with Crippen LogP contribution in [0.5, 0.6) is 0 Å². The number of hydrogen-bond donors (Lipinski definition) is 2. The SMILES string of the molecule is COCC1CCCN(C(=O)NC2CCC(C(=O)O)C2)C1. The van der Waals surface area contributed by atoms with Gasteiger partial charge in [-0.05, 0) is 32.1 Å². The molecule has 114 valence electrons. The summed E-state index contributed by atoms with van der Waals surface area (Å²) in [7, 11) is 1.68. The Hall–Kier alpha value is -1.30. The van der Waals surface area contributed by atoms with Crippen LogP contribution in [0.4, 0.5) is 4.79 Å². The average molecular weight is 284 g/mol. The second-order valence-corrected chi connectivity index (χ2v) is 5.90. The van der Waals surface area contributed by atoms with E-state index in [1.54, 1.807) is 7.11 Å². The molecule has 3 atom stereocenters. The molecule has 6 nitrogen and oxygen atoms in total. The van der Waals surface area contributed by atoms with Crippen molar-refractivity contribution in [2.24, 2.45) is 11.8 Å². The highest BCUT2D eigenvalue weighted by molar-refractivity contribution is 5.75. The van der Waals surface area contributed by atoms with E-state index in [0.29, 0.717) is 25.4 Å². The lowest BCUT2D eigenvalue weighted by molar-refractivity contribution is -0.141. The largest absolute Gasteiger partial charge is 0.481 e. The zero-order valence-electron chi connectivity index (χ0n) is 12.0. The minimum absolute atomic E-state index is 0.00593. The van der Waals surface area contributed by atoms with E-state index in [2.05, 4.69) is 5.32 Å². The van der Waals surface area contributed by atoms with Gasteiger partial charge < -0.3 is 20.1 Å². The minimum atomic E-state index is -0.750. The standard InChI is InChI=1S/C14H24N2O4/c1-20-9-10-3-2-6-16(8-10)14(19)15-12-5-4-11(7-12)13(17)18/h10-12H,2-9H2,1H3,(H,15,19)(H,17,18). The fraction of sp³-hybridized carbons (Fsp3) is 0.857. The van der Waals surface area contributed by atoms with Gasteiger partial charge in [-0.15, -0.1) is 0 Å². The van der Waals surface area contributed by atoms with Crippen LogP contribution in [-0.2, 0) is 9.53 Å². The van der Waals surface area contributed by atoms with Crippen molar-refractivity contribution in [3.05, 3.63) is 0 Å². The number of rotatable bonds is 4. The molecule has 2 rings (SSSR count). The van der Waals surface area contributed by atoms with Crippen molar-refractivity contribution >= 4 is 12.0 Å². The Bertz CT molecular complexity index is 359. The highest BCUT2D eigenvalue weighted by Gasteiger charge is 2.32. The van der Waals surface area contributed by atoms with Crippen molar-refractivity contribution in [1.29, 1.82) is 0 Å². The van der Waals surface area contributed by atoms with Gasteiger partial charge in [-0.25, -0.2) is 4.79 Å². The number of amides is 2. The number of nitrogens with one attached hydrogen (secondary N) is 1. The van der Waals surface area contributed by atoms with Crippen LogP contribution in [0.3, 0.4) is 0 Å². The molecular formula is C14H24N2O4. The van der Waals surface area contributed by atoms with Crippen molar-refractivity contribution in [3.63, 3.8) is 0 Å². The van der Waals surface area contributed by atoms with Gasteiger partial charge in [-0.2, -0.15) is 0 Å². The Labute approximate surface area is 119 Å². The molecular weight excluding hydrogens is 260 g/mol. The summed E-state index contributed by atoms with van der Waals surface area (Å²) in [4.78, 5) is 25.0. The maximum absolute atomic E-state index is 12.2. The number of urea groups is 1. The lowest BCUT2D eigenvalue weighted by atomic mass is 9.99. The fourth-order valence-electron chi connectivity index (χ4n) is 3.22. The van der Waals surface area contributed by atoms with Crippen molar-refractivity contribution < 1.29 is 19.4 Å². The summed E-state index contributed by atoms with van der Waals surface area (Å²) in [5, 5.41) is 11.9. The molecule has 1 aliphatic carbocycles. The highest BCUT2D eigenvalue weighted by Crippen LogP contribution is 2.26. The average Bonchev–Trinajstić information content (AvgIpc) is 2.88. The number of piperidine rings is 1. The Morgan fingerprint density at radius 1 is 1.35 bits per heavy atom. The third-order valence-corrected chi connectivity index (χ3v) is 4.32. The van der Waals surface area contributed by atoms with Crippen LogP contribution in [0, 0.1) is 11.8 Å². The molecule has 1 saturated carbocycles. The smallest absolute Gasteiger partial charge is 0.317 e. The molecule has 2 fully saturated rings. The summed E-state index contributed by atoms with van der Waals surface area (Å²) in [6.07, 6.45) is 4.08. The maximum Gasteiger partial charge on any atom is 0.317 e. The molecule has 20 heavy (non-hydrogen) atoms. The van der Waals surface area contributed by atoms with Gasteiger partial charge in [-0.3, -0.25) is 4.79 Å². The maximum atomic E-state index is 12.2. The molecule has 0 bridgehead atoms. The quantitative estimate of drug-likeness (QED) is 0.816. The van der Waals surface area contributed by atoms with E-state index in [1.165, 1.54) is 0 Å². The van der Waals surface area contributed by atoms with E-state index in [0.717, 1.165) is 32.4 Å². The Morgan fingerprint density at radius 2 is 2.15 bits per heavy atom. The zero-order chi connectivity index (χ0) is 14.5. The molecule has 0 spiro atoms. The van der Waals surface area contributed by atoms with Crippen LogP contribution in [0.2, 0.25) is 0 Å². The molecule has 0 radical (unpaired) electrons. The van der Waals surface area contributed by atoms with Gasteiger partial charge in [0.25, 0.3) is 0 Å². The van der Waals surface area contributed by atoms with Crippen LogP contribution in [0.1, 0.15) is 32.1 Å². The monoisotopic (exact) mass is 284 g/mol. The molecule has 1 aliphatic heterocycles. The molecule has 0 aromatic carbocycles. The van der Waals surface area contributed by atoms with Gasteiger partial charge in [-0.1, -0.05) is 0 Å².